The summed E-state index contributed by atoms with van der Waals surface area (Å²) in [6.45, 7) is 12.0. The summed E-state index contributed by atoms with van der Waals surface area (Å²) in [6, 6.07) is 13.1. The number of nitrogens with zero attached hydrogens (tertiary/aromatic N) is 3. The lowest BCUT2D eigenvalue weighted by atomic mass is 9.82. The summed E-state index contributed by atoms with van der Waals surface area (Å²) in [5, 5.41) is 17.4. The number of hydrogen-bond donors (Lipinski definition) is 3. The van der Waals surface area contributed by atoms with Gasteiger partial charge in [-0.1, -0.05) is 69.3 Å². The Balaban J connectivity index is 2.02. The highest BCUT2D eigenvalue weighted by atomic mass is 32.2. The van der Waals surface area contributed by atoms with Crippen molar-refractivity contribution >= 4 is 39.9 Å². The van der Waals surface area contributed by atoms with Gasteiger partial charge in [0.25, 0.3) is 5.91 Å². The van der Waals surface area contributed by atoms with Gasteiger partial charge in [-0.15, -0.1) is 0 Å². The van der Waals surface area contributed by atoms with Gasteiger partial charge in [-0.25, -0.2) is 0 Å². The maximum atomic E-state index is 12.8. The maximum Gasteiger partial charge on any atom is 0.257 e. The predicted octanol–water partition coefficient (Wildman–Crippen LogP) is 5.59. The van der Waals surface area contributed by atoms with E-state index in [-0.39, 0.29) is 40.2 Å². The summed E-state index contributed by atoms with van der Waals surface area (Å²) in [4.78, 5) is 14.2. The van der Waals surface area contributed by atoms with Crippen molar-refractivity contribution in [1.29, 1.82) is 0 Å². The van der Waals surface area contributed by atoms with Crippen LogP contribution in [0.3, 0.4) is 0 Å². The Kier molecular flexibility index (Phi) is 7.28. The molecule has 0 aliphatic heterocycles. The van der Waals surface area contributed by atoms with Crippen LogP contribution in [0, 0.1) is 5.41 Å². The minimum absolute atomic E-state index is 0.130. The van der Waals surface area contributed by atoms with Crippen molar-refractivity contribution in [1.82, 2.24) is 13.6 Å². The number of carbonyl (C=O) groups excluding carboxylic acids is 1. The average Bonchev–Trinajstić information content (AvgIpc) is 3.11. The second kappa shape index (κ2) is 9.82. The molecule has 180 valence electrons. The first-order valence-corrected chi connectivity index (χ1v) is 11.9. The van der Waals surface area contributed by atoms with Crippen LogP contribution in [0.1, 0.15) is 55.2 Å². The quantitative estimate of drug-likeness (QED) is 0.298. The largest absolute Gasteiger partial charge is 0.546 e. The first-order chi connectivity index (χ1) is 15.9. The van der Waals surface area contributed by atoms with Crippen molar-refractivity contribution in [2.45, 2.75) is 33.7 Å². The normalized spacial score (nSPS) is 12.7. The second-order valence-corrected chi connectivity index (χ2v) is 10.3. The first-order valence-electron chi connectivity index (χ1n) is 10.8. The van der Waals surface area contributed by atoms with Crippen molar-refractivity contribution in [3.8, 4) is 5.75 Å². The third-order valence-corrected chi connectivity index (χ3v) is 6.03. The fourth-order valence-electron chi connectivity index (χ4n) is 3.64. The number of anilines is 3. The number of rotatable bonds is 7. The predicted molar refractivity (Wildman–Crippen MR) is 137 cm³/mol. The maximum absolute atomic E-state index is 12.8. The number of phenolic OH excluding ortho intramolecular Hbond substituents is 1. The van der Waals surface area contributed by atoms with Crippen molar-refractivity contribution in [3.63, 3.8) is 0 Å². The van der Waals surface area contributed by atoms with Crippen molar-refractivity contribution in [3.05, 3.63) is 65.7 Å². The van der Waals surface area contributed by atoms with Gasteiger partial charge < -0.3 is 25.2 Å². The van der Waals surface area contributed by atoms with E-state index in [4.69, 9.17) is 0 Å². The van der Waals surface area contributed by atoms with Crippen molar-refractivity contribution in [2.75, 3.05) is 24.7 Å². The number of hydrogen-bond acceptors (Lipinski definition) is 7. The zero-order valence-electron chi connectivity index (χ0n) is 20.3. The van der Waals surface area contributed by atoms with E-state index in [9.17, 15) is 14.5 Å². The number of aromatic nitrogens is 2. The lowest BCUT2D eigenvalue weighted by molar-refractivity contribution is 0.0824. The monoisotopic (exact) mass is 481 g/mol. The Morgan fingerprint density at radius 2 is 1.74 bits per heavy atom. The Bertz CT molecular complexity index is 1200. The molecule has 0 spiro atoms. The molecule has 8 nitrogen and oxygen atoms in total. The standard InChI is InChI=1S/C25H31N5O3S/c1-15(2)17-13-14-18(20(31)19(17)24(32)30(6)7)26-22-23(29-34(33)28-22)27-21(25(3,4)5)16-11-9-8-10-12-16/h8-14,21,31H,1H2,2-7H3,(H,26,28)(H,27,29)/t21-,34?/m0/s1. The van der Waals surface area contributed by atoms with Gasteiger partial charge in [0.15, 0.2) is 16.9 Å². The Morgan fingerprint density at radius 3 is 2.29 bits per heavy atom. The summed E-state index contributed by atoms with van der Waals surface area (Å²) in [5.74, 6) is -0.0783. The molecule has 0 aliphatic carbocycles. The number of carbonyl (C=O) groups is 1. The molecule has 2 aromatic carbocycles. The number of phenols is 1. The van der Waals surface area contributed by atoms with E-state index in [1.807, 2.05) is 30.3 Å². The molecule has 3 N–H and O–H groups in total. The molecule has 3 rings (SSSR count). The molecule has 1 heterocycles. The third-order valence-electron chi connectivity index (χ3n) is 5.35. The van der Waals surface area contributed by atoms with Crippen molar-refractivity contribution in [2.24, 2.45) is 5.41 Å². The molecule has 0 radical (unpaired) electrons. The van der Waals surface area contributed by atoms with Gasteiger partial charge in [-0.2, -0.15) is 0 Å². The van der Waals surface area contributed by atoms with E-state index in [1.54, 1.807) is 33.2 Å². The van der Waals surface area contributed by atoms with Crippen LogP contribution in [0.4, 0.5) is 17.3 Å². The zero-order valence-corrected chi connectivity index (χ0v) is 21.2. The van der Waals surface area contributed by atoms with E-state index in [0.29, 0.717) is 17.0 Å². The number of nitrogens with one attached hydrogen (secondary N) is 2. The summed E-state index contributed by atoms with van der Waals surface area (Å²) in [5.41, 5.74) is 2.41. The Hall–Kier alpha value is -3.43. The summed E-state index contributed by atoms with van der Waals surface area (Å²) < 4.78 is 20.5. The van der Waals surface area contributed by atoms with Gasteiger partial charge in [0.1, 0.15) is 0 Å². The van der Waals surface area contributed by atoms with Crippen LogP contribution in [0.5, 0.6) is 5.75 Å². The van der Waals surface area contributed by atoms with Crippen LogP contribution in [0.25, 0.3) is 5.57 Å². The molecule has 3 aromatic rings. The van der Waals surface area contributed by atoms with Crippen LogP contribution >= 0.6 is 11.1 Å². The fraction of sp³-hybridized carbons (Fsp3) is 0.320. The fourth-order valence-corrected chi connectivity index (χ4v) is 4.26. The molecule has 1 aromatic heterocycles. The van der Waals surface area contributed by atoms with Crippen LogP contribution in [-0.4, -0.2) is 43.3 Å². The summed E-state index contributed by atoms with van der Waals surface area (Å²) in [7, 11) is 3.22. The van der Waals surface area contributed by atoms with Gasteiger partial charge in [-0.05, 0) is 29.5 Å². The lowest BCUT2D eigenvalue weighted by Crippen LogP contribution is -2.26. The smallest absolute Gasteiger partial charge is 0.257 e. The molecule has 0 fully saturated rings. The minimum atomic E-state index is -1.82. The van der Waals surface area contributed by atoms with Gasteiger partial charge in [-0.3, -0.25) is 4.79 Å². The average molecular weight is 482 g/mol. The molecular weight excluding hydrogens is 450 g/mol. The van der Waals surface area contributed by atoms with Gasteiger partial charge in [0.2, 0.25) is 11.6 Å². The zero-order chi connectivity index (χ0) is 25.2. The minimum Gasteiger partial charge on any atom is -0.546 e. The van der Waals surface area contributed by atoms with Crippen molar-refractivity contribution < 1.29 is 14.5 Å². The van der Waals surface area contributed by atoms with Crippen LogP contribution in [0.15, 0.2) is 49.0 Å². The SMILES string of the molecule is C=C(C)c1ccc(Nc2n[s+]([O-])nc2N[C@@H](c2ccccc2)C(C)(C)C)c(O)c1C(=O)N(C)C. The van der Waals surface area contributed by atoms with Gasteiger partial charge in [0.05, 0.1) is 17.3 Å². The van der Waals surface area contributed by atoms with E-state index in [0.717, 1.165) is 5.56 Å². The van der Waals surface area contributed by atoms with E-state index < -0.39 is 11.1 Å². The van der Waals surface area contributed by atoms with Crippen LogP contribution in [-0.2, 0) is 0 Å². The van der Waals surface area contributed by atoms with Gasteiger partial charge >= 0.3 is 0 Å². The molecule has 0 saturated carbocycles. The molecule has 2 atom stereocenters. The van der Waals surface area contributed by atoms with E-state index in [1.165, 1.54) is 4.90 Å². The second-order valence-electron chi connectivity index (χ2n) is 9.45. The molecule has 0 bridgehead atoms. The third kappa shape index (κ3) is 5.37. The molecule has 1 amide bonds. The summed E-state index contributed by atoms with van der Waals surface area (Å²) in [6.07, 6.45) is 0. The molecule has 0 saturated heterocycles. The highest BCUT2D eigenvalue weighted by molar-refractivity contribution is 7.14. The number of benzene rings is 2. The Labute approximate surface area is 203 Å². The van der Waals surface area contributed by atoms with E-state index in [2.05, 4.69) is 46.7 Å². The molecule has 9 heteroatoms. The van der Waals surface area contributed by atoms with Crippen LogP contribution in [0.2, 0.25) is 0 Å². The molecule has 1 unspecified atom stereocenters. The van der Waals surface area contributed by atoms with E-state index >= 15 is 0 Å². The summed E-state index contributed by atoms with van der Waals surface area (Å²) >= 11 is -1.82. The van der Waals surface area contributed by atoms with Gasteiger partial charge in [0, 0.05) is 22.8 Å². The molecule has 0 aliphatic rings. The highest BCUT2D eigenvalue weighted by Gasteiger charge is 2.30. The lowest BCUT2D eigenvalue weighted by Gasteiger charge is -2.31. The number of allylic oxidation sites excluding steroid dienone is 1. The topological polar surface area (TPSA) is 113 Å². The molecular formula is C25H31N5O3S. The first kappa shape index (κ1) is 25.2. The Morgan fingerprint density at radius 1 is 1.12 bits per heavy atom. The molecule has 34 heavy (non-hydrogen) atoms. The number of amides is 1. The number of aromatic hydroxyl groups is 1. The van der Waals surface area contributed by atoms with Crippen LogP contribution < -0.4 is 10.6 Å². The highest BCUT2D eigenvalue weighted by Crippen LogP contribution is 2.40.